The first-order chi connectivity index (χ1) is 8.48. The van der Waals surface area contributed by atoms with Crippen LogP contribution in [0.15, 0.2) is 30.6 Å². The topological polar surface area (TPSA) is 90.9 Å². The van der Waals surface area contributed by atoms with E-state index < -0.39 is 10.0 Å². The summed E-state index contributed by atoms with van der Waals surface area (Å²) in [6.07, 6.45) is 2.38. The second-order valence-corrected chi connectivity index (χ2v) is 5.87. The van der Waals surface area contributed by atoms with Gasteiger partial charge in [-0.2, -0.15) is 0 Å². The third-order valence-corrected chi connectivity index (χ3v) is 3.73. The van der Waals surface area contributed by atoms with Crippen molar-refractivity contribution in [1.29, 1.82) is 0 Å². The maximum atomic E-state index is 11.7. The van der Waals surface area contributed by atoms with Crippen LogP contribution in [0.25, 0.3) is 21.9 Å². The van der Waals surface area contributed by atoms with Crippen molar-refractivity contribution in [2.24, 2.45) is 0 Å². The van der Waals surface area contributed by atoms with Crippen LogP contribution < -0.4 is 5.73 Å². The third-order valence-electron chi connectivity index (χ3n) is 2.74. The number of hydrogen-bond donors (Lipinski definition) is 1. The Morgan fingerprint density at radius 3 is 2.72 bits per heavy atom. The Hall–Kier alpha value is -2.15. The first kappa shape index (κ1) is 11.0. The summed E-state index contributed by atoms with van der Waals surface area (Å²) in [7, 11) is -3.42. The molecule has 0 aliphatic carbocycles. The molecule has 3 aromatic rings. The molecule has 0 fully saturated rings. The number of para-hydroxylation sites is 1. The number of nitrogens with two attached hydrogens (primary N) is 1. The van der Waals surface area contributed by atoms with Crippen molar-refractivity contribution in [2.45, 2.75) is 0 Å². The van der Waals surface area contributed by atoms with Gasteiger partial charge >= 0.3 is 0 Å². The lowest BCUT2D eigenvalue weighted by atomic mass is 10.2. The number of nitrogens with zero attached hydrogens (tertiary/aromatic N) is 3. The molecule has 0 saturated carbocycles. The largest absolute Gasteiger partial charge is 0.382 e. The molecule has 1 aromatic carbocycles. The fourth-order valence-electron chi connectivity index (χ4n) is 1.97. The van der Waals surface area contributed by atoms with Gasteiger partial charge in [-0.05, 0) is 6.07 Å². The molecule has 7 heteroatoms. The molecule has 0 saturated heterocycles. The van der Waals surface area contributed by atoms with Crippen molar-refractivity contribution in [2.75, 3.05) is 12.0 Å². The van der Waals surface area contributed by atoms with Crippen molar-refractivity contribution in [3.05, 3.63) is 30.6 Å². The Bertz CT molecular complexity index is 867. The molecule has 0 radical (unpaired) electrons. The SMILES string of the molecule is CS(=O)(=O)n1cnc2c(N)nc3ccccc3c21. The molecular weight excluding hydrogens is 252 g/mol. The van der Waals surface area contributed by atoms with E-state index in [4.69, 9.17) is 5.73 Å². The molecule has 18 heavy (non-hydrogen) atoms. The van der Waals surface area contributed by atoms with E-state index in [9.17, 15) is 8.42 Å². The molecular formula is C11H10N4O2S. The van der Waals surface area contributed by atoms with E-state index >= 15 is 0 Å². The predicted octanol–water partition coefficient (Wildman–Crippen LogP) is 0.974. The van der Waals surface area contributed by atoms with E-state index in [1.807, 2.05) is 12.1 Å². The van der Waals surface area contributed by atoms with Crippen molar-refractivity contribution in [3.8, 4) is 0 Å². The average molecular weight is 262 g/mol. The average Bonchev–Trinajstić information content (AvgIpc) is 2.74. The molecule has 3 rings (SSSR count). The van der Waals surface area contributed by atoms with Gasteiger partial charge in [0.15, 0.2) is 5.82 Å². The van der Waals surface area contributed by atoms with Gasteiger partial charge in [0.1, 0.15) is 11.8 Å². The molecule has 0 aliphatic heterocycles. The highest BCUT2D eigenvalue weighted by molar-refractivity contribution is 7.89. The molecule has 0 aliphatic rings. The van der Waals surface area contributed by atoms with Crippen molar-refractivity contribution < 1.29 is 8.42 Å². The molecule has 0 atom stereocenters. The Morgan fingerprint density at radius 2 is 2.00 bits per heavy atom. The fourth-order valence-corrected chi connectivity index (χ4v) is 2.71. The van der Waals surface area contributed by atoms with Crippen LogP contribution in [0.3, 0.4) is 0 Å². The maximum absolute atomic E-state index is 11.7. The number of aromatic nitrogens is 3. The van der Waals surface area contributed by atoms with Crippen LogP contribution >= 0.6 is 0 Å². The number of hydrogen-bond acceptors (Lipinski definition) is 5. The van der Waals surface area contributed by atoms with Gasteiger partial charge in [0, 0.05) is 5.39 Å². The number of imidazole rings is 1. The lowest BCUT2D eigenvalue weighted by Gasteiger charge is -2.05. The van der Waals surface area contributed by atoms with Gasteiger partial charge in [-0.15, -0.1) is 0 Å². The Kier molecular flexibility index (Phi) is 2.09. The fraction of sp³-hybridized carbons (Fsp3) is 0.0909. The van der Waals surface area contributed by atoms with Crippen LogP contribution in [0.1, 0.15) is 0 Å². The van der Waals surface area contributed by atoms with Crippen LogP contribution in [-0.2, 0) is 10.0 Å². The maximum Gasteiger partial charge on any atom is 0.237 e. The van der Waals surface area contributed by atoms with E-state index in [1.165, 1.54) is 6.33 Å². The highest BCUT2D eigenvalue weighted by Crippen LogP contribution is 2.27. The standard InChI is InChI=1S/C11H10N4O2S/c1-18(16,17)15-6-13-9-10(15)7-4-2-3-5-8(7)14-11(9)12/h2-6H,1H3,(H2,12,14). The summed E-state index contributed by atoms with van der Waals surface area (Å²) in [4.78, 5) is 8.24. The Balaban J connectivity index is 2.64. The predicted molar refractivity (Wildman–Crippen MR) is 69.7 cm³/mol. The van der Waals surface area contributed by atoms with Gasteiger partial charge in [0.2, 0.25) is 10.0 Å². The normalized spacial score (nSPS) is 12.3. The number of fused-ring (bicyclic) bond motifs is 3. The van der Waals surface area contributed by atoms with E-state index in [0.717, 1.165) is 10.2 Å². The summed E-state index contributed by atoms with van der Waals surface area (Å²) < 4.78 is 24.6. The number of rotatable bonds is 1. The van der Waals surface area contributed by atoms with Crippen molar-refractivity contribution >= 4 is 37.8 Å². The van der Waals surface area contributed by atoms with Crippen molar-refractivity contribution in [1.82, 2.24) is 13.9 Å². The molecule has 2 N–H and O–H groups in total. The molecule has 92 valence electrons. The molecule has 2 aromatic heterocycles. The van der Waals surface area contributed by atoms with Gasteiger partial charge in [0.05, 0.1) is 17.3 Å². The summed E-state index contributed by atoms with van der Waals surface area (Å²) in [5.41, 5.74) is 7.32. The monoisotopic (exact) mass is 262 g/mol. The van der Waals surface area contributed by atoms with E-state index in [2.05, 4.69) is 9.97 Å². The number of pyridine rings is 1. The van der Waals surface area contributed by atoms with Crippen LogP contribution in [-0.4, -0.2) is 28.6 Å². The van der Waals surface area contributed by atoms with Gasteiger partial charge < -0.3 is 5.73 Å². The quantitative estimate of drug-likeness (QED) is 0.705. The number of nitrogen functional groups attached to an aromatic ring is 1. The summed E-state index contributed by atoms with van der Waals surface area (Å²) >= 11 is 0. The minimum atomic E-state index is -3.42. The molecule has 6 nitrogen and oxygen atoms in total. The van der Waals surface area contributed by atoms with Crippen LogP contribution in [0.2, 0.25) is 0 Å². The van der Waals surface area contributed by atoms with E-state index in [0.29, 0.717) is 21.9 Å². The second-order valence-electron chi connectivity index (χ2n) is 4.01. The van der Waals surface area contributed by atoms with Crippen LogP contribution in [0.4, 0.5) is 5.82 Å². The smallest absolute Gasteiger partial charge is 0.237 e. The van der Waals surface area contributed by atoms with Gasteiger partial charge in [-0.25, -0.2) is 22.4 Å². The second kappa shape index (κ2) is 3.42. The summed E-state index contributed by atoms with van der Waals surface area (Å²) in [6.45, 7) is 0. The minimum Gasteiger partial charge on any atom is -0.382 e. The Labute approximate surface area is 103 Å². The minimum absolute atomic E-state index is 0.228. The van der Waals surface area contributed by atoms with Gasteiger partial charge in [-0.1, -0.05) is 18.2 Å². The lowest BCUT2D eigenvalue weighted by Crippen LogP contribution is -2.08. The molecule has 2 heterocycles. The highest BCUT2D eigenvalue weighted by Gasteiger charge is 2.16. The van der Waals surface area contributed by atoms with E-state index in [-0.39, 0.29) is 5.82 Å². The molecule has 0 spiro atoms. The summed E-state index contributed by atoms with van der Waals surface area (Å²) in [5, 5.41) is 0.713. The number of anilines is 1. The zero-order valence-corrected chi connectivity index (χ0v) is 10.3. The zero-order valence-electron chi connectivity index (χ0n) is 9.53. The summed E-state index contributed by atoms with van der Waals surface area (Å²) in [5.74, 6) is 0.228. The molecule has 0 bridgehead atoms. The number of benzene rings is 1. The lowest BCUT2D eigenvalue weighted by molar-refractivity contribution is 0.595. The summed E-state index contributed by atoms with van der Waals surface area (Å²) in [6, 6.07) is 7.22. The van der Waals surface area contributed by atoms with Gasteiger partial charge in [-0.3, -0.25) is 0 Å². The van der Waals surface area contributed by atoms with Crippen LogP contribution in [0.5, 0.6) is 0 Å². The van der Waals surface area contributed by atoms with Crippen LogP contribution in [0, 0.1) is 0 Å². The van der Waals surface area contributed by atoms with Gasteiger partial charge in [0.25, 0.3) is 0 Å². The molecule has 0 unspecified atom stereocenters. The first-order valence-corrected chi connectivity index (χ1v) is 7.05. The third kappa shape index (κ3) is 1.44. The first-order valence-electron chi connectivity index (χ1n) is 5.20. The highest BCUT2D eigenvalue weighted by atomic mass is 32.2. The Morgan fingerprint density at radius 1 is 1.28 bits per heavy atom. The molecule has 0 amide bonds. The zero-order chi connectivity index (χ0) is 12.9. The van der Waals surface area contributed by atoms with E-state index in [1.54, 1.807) is 12.1 Å². The van der Waals surface area contributed by atoms with Crippen molar-refractivity contribution in [3.63, 3.8) is 0 Å².